The highest BCUT2D eigenvalue weighted by molar-refractivity contribution is 7.89. The van der Waals surface area contributed by atoms with E-state index in [4.69, 9.17) is 23.2 Å². The fourth-order valence-electron chi connectivity index (χ4n) is 3.23. The number of halogens is 2. The van der Waals surface area contributed by atoms with E-state index in [-0.39, 0.29) is 9.92 Å². The summed E-state index contributed by atoms with van der Waals surface area (Å²) < 4.78 is 27.3. The maximum atomic E-state index is 12.9. The van der Waals surface area contributed by atoms with Crippen molar-refractivity contribution in [1.29, 1.82) is 0 Å². The van der Waals surface area contributed by atoms with Crippen LogP contribution < -0.4 is 4.90 Å². The Balaban J connectivity index is 1.49. The molecule has 150 valence electrons. The van der Waals surface area contributed by atoms with Gasteiger partial charge in [-0.05, 0) is 18.2 Å². The number of hydrogen-bond acceptors (Lipinski definition) is 5. The van der Waals surface area contributed by atoms with Crippen LogP contribution in [0.15, 0.2) is 65.8 Å². The van der Waals surface area contributed by atoms with Gasteiger partial charge in [0.2, 0.25) is 10.0 Å². The number of hydrogen-bond donors (Lipinski definition) is 0. The first-order valence-electron chi connectivity index (χ1n) is 9.03. The molecule has 0 atom stereocenters. The lowest BCUT2D eigenvalue weighted by atomic mass is 10.1. The van der Waals surface area contributed by atoms with Crippen molar-refractivity contribution in [3.05, 3.63) is 71.0 Å². The third-order valence-electron chi connectivity index (χ3n) is 4.81. The molecule has 0 spiro atoms. The summed E-state index contributed by atoms with van der Waals surface area (Å²) in [6.45, 7) is 1.78. The van der Waals surface area contributed by atoms with E-state index < -0.39 is 10.0 Å². The largest absolute Gasteiger partial charge is 0.354 e. The lowest BCUT2D eigenvalue weighted by molar-refractivity contribution is 0.384. The van der Waals surface area contributed by atoms with Crippen molar-refractivity contribution in [3.63, 3.8) is 0 Å². The summed E-state index contributed by atoms with van der Waals surface area (Å²) in [5.41, 5.74) is 1.85. The molecule has 2 heterocycles. The molecular formula is C20H18Cl2N4O2S. The van der Waals surface area contributed by atoms with E-state index in [1.807, 2.05) is 36.4 Å². The van der Waals surface area contributed by atoms with Crippen LogP contribution in [0, 0.1) is 0 Å². The van der Waals surface area contributed by atoms with Gasteiger partial charge in [0.05, 0.1) is 20.6 Å². The average molecular weight is 449 g/mol. The number of rotatable bonds is 4. The van der Waals surface area contributed by atoms with E-state index in [0.29, 0.717) is 31.2 Å². The smallest absolute Gasteiger partial charge is 0.243 e. The van der Waals surface area contributed by atoms with Crippen molar-refractivity contribution in [2.24, 2.45) is 0 Å². The van der Waals surface area contributed by atoms with Gasteiger partial charge in [0.1, 0.15) is 12.1 Å². The number of piperazine rings is 1. The second-order valence-corrected chi connectivity index (χ2v) is 9.35. The number of anilines is 1. The first kappa shape index (κ1) is 20.1. The van der Waals surface area contributed by atoms with Crippen LogP contribution in [0.4, 0.5) is 5.82 Å². The fraction of sp³-hybridized carbons (Fsp3) is 0.200. The summed E-state index contributed by atoms with van der Waals surface area (Å²) >= 11 is 11.9. The Morgan fingerprint density at radius 1 is 0.828 bits per heavy atom. The van der Waals surface area contributed by atoms with E-state index in [1.54, 1.807) is 0 Å². The quantitative estimate of drug-likeness (QED) is 0.603. The third kappa shape index (κ3) is 4.23. The molecule has 4 rings (SSSR count). The fourth-order valence-corrected chi connectivity index (χ4v) is 5.04. The molecule has 1 aromatic heterocycles. The molecule has 0 radical (unpaired) electrons. The van der Waals surface area contributed by atoms with Crippen LogP contribution in [0.3, 0.4) is 0 Å². The van der Waals surface area contributed by atoms with Gasteiger partial charge in [-0.25, -0.2) is 18.4 Å². The van der Waals surface area contributed by atoms with E-state index in [0.717, 1.165) is 17.1 Å². The average Bonchev–Trinajstić information content (AvgIpc) is 2.76. The molecule has 1 fully saturated rings. The van der Waals surface area contributed by atoms with Crippen LogP contribution in [-0.4, -0.2) is 48.9 Å². The monoisotopic (exact) mass is 448 g/mol. The Hall–Kier alpha value is -2.19. The van der Waals surface area contributed by atoms with E-state index >= 15 is 0 Å². The van der Waals surface area contributed by atoms with Crippen LogP contribution in [0.5, 0.6) is 0 Å². The van der Waals surface area contributed by atoms with Gasteiger partial charge in [-0.15, -0.1) is 0 Å². The number of sulfonamides is 1. The third-order valence-corrected chi connectivity index (χ3v) is 7.45. The van der Waals surface area contributed by atoms with Crippen molar-refractivity contribution < 1.29 is 8.42 Å². The standard InChI is InChI=1S/C20H18Cl2N4O2S/c21-17-7-6-16(12-18(17)22)29(27,28)26-10-8-25(9-11-26)20-13-19(23-14-24-20)15-4-2-1-3-5-15/h1-7,12-14H,8-11H2. The van der Waals surface area contributed by atoms with Gasteiger partial charge in [-0.3, -0.25) is 0 Å². The summed E-state index contributed by atoms with van der Waals surface area (Å²) in [7, 11) is -3.63. The van der Waals surface area contributed by atoms with Crippen LogP contribution in [-0.2, 0) is 10.0 Å². The molecule has 3 aromatic rings. The van der Waals surface area contributed by atoms with Gasteiger partial charge in [0, 0.05) is 37.8 Å². The maximum Gasteiger partial charge on any atom is 0.243 e. The molecule has 0 N–H and O–H groups in total. The van der Waals surface area contributed by atoms with Crippen LogP contribution in [0.25, 0.3) is 11.3 Å². The minimum Gasteiger partial charge on any atom is -0.354 e. The summed E-state index contributed by atoms with van der Waals surface area (Å²) in [6, 6.07) is 16.2. The van der Waals surface area contributed by atoms with Gasteiger partial charge < -0.3 is 4.90 Å². The second-order valence-electron chi connectivity index (χ2n) is 6.59. The molecule has 0 aliphatic carbocycles. The Morgan fingerprint density at radius 2 is 1.55 bits per heavy atom. The van der Waals surface area contributed by atoms with Crippen molar-refractivity contribution in [1.82, 2.24) is 14.3 Å². The summed E-state index contributed by atoms with van der Waals surface area (Å²) in [6.07, 6.45) is 1.54. The van der Waals surface area contributed by atoms with E-state index in [1.165, 1.54) is 28.8 Å². The van der Waals surface area contributed by atoms with Crippen LogP contribution in [0.2, 0.25) is 10.0 Å². The second kappa shape index (κ2) is 8.28. The van der Waals surface area contributed by atoms with Gasteiger partial charge in [0.25, 0.3) is 0 Å². The van der Waals surface area contributed by atoms with Crippen molar-refractivity contribution in [3.8, 4) is 11.3 Å². The summed E-state index contributed by atoms with van der Waals surface area (Å²) in [5, 5.41) is 0.550. The SMILES string of the molecule is O=S(=O)(c1ccc(Cl)c(Cl)c1)N1CCN(c2cc(-c3ccccc3)ncn2)CC1. The predicted octanol–water partition coefficient (Wildman–Crippen LogP) is 3.96. The van der Waals surface area contributed by atoms with E-state index in [2.05, 4.69) is 14.9 Å². The zero-order chi connectivity index (χ0) is 20.4. The highest BCUT2D eigenvalue weighted by atomic mass is 35.5. The highest BCUT2D eigenvalue weighted by Gasteiger charge is 2.29. The molecule has 2 aromatic carbocycles. The molecule has 1 aliphatic heterocycles. The zero-order valence-corrected chi connectivity index (χ0v) is 17.7. The summed E-state index contributed by atoms with van der Waals surface area (Å²) in [4.78, 5) is 10.9. The van der Waals surface area contributed by atoms with Gasteiger partial charge in [-0.2, -0.15) is 4.31 Å². The van der Waals surface area contributed by atoms with Crippen LogP contribution in [0.1, 0.15) is 0 Å². The Labute approximate surface area is 179 Å². The lowest BCUT2D eigenvalue weighted by Gasteiger charge is -2.34. The summed E-state index contributed by atoms with van der Waals surface area (Å²) in [5.74, 6) is 0.783. The first-order chi connectivity index (χ1) is 13.9. The van der Waals surface area contributed by atoms with Crippen molar-refractivity contribution >= 4 is 39.0 Å². The normalized spacial score (nSPS) is 15.4. The first-order valence-corrected chi connectivity index (χ1v) is 11.2. The molecular weight excluding hydrogens is 431 g/mol. The molecule has 6 nitrogen and oxygen atoms in total. The van der Waals surface area contributed by atoms with Gasteiger partial charge in [-0.1, -0.05) is 53.5 Å². The molecule has 0 saturated carbocycles. The number of aromatic nitrogens is 2. The molecule has 0 amide bonds. The Kier molecular flexibility index (Phi) is 5.74. The minimum absolute atomic E-state index is 0.147. The lowest BCUT2D eigenvalue weighted by Crippen LogP contribution is -2.48. The predicted molar refractivity (Wildman–Crippen MR) is 115 cm³/mol. The number of benzene rings is 2. The van der Waals surface area contributed by atoms with Crippen LogP contribution >= 0.6 is 23.2 Å². The number of nitrogens with zero attached hydrogens (tertiary/aromatic N) is 4. The molecule has 0 bridgehead atoms. The minimum atomic E-state index is -3.63. The maximum absolute atomic E-state index is 12.9. The topological polar surface area (TPSA) is 66.4 Å². The molecule has 29 heavy (non-hydrogen) atoms. The van der Waals surface area contributed by atoms with Crippen molar-refractivity contribution in [2.75, 3.05) is 31.1 Å². The van der Waals surface area contributed by atoms with E-state index in [9.17, 15) is 8.42 Å². The molecule has 0 unspecified atom stereocenters. The molecule has 1 aliphatic rings. The zero-order valence-electron chi connectivity index (χ0n) is 15.4. The van der Waals surface area contributed by atoms with Crippen molar-refractivity contribution in [2.45, 2.75) is 4.90 Å². The van der Waals surface area contributed by atoms with Gasteiger partial charge >= 0.3 is 0 Å². The highest BCUT2D eigenvalue weighted by Crippen LogP contribution is 2.28. The van der Waals surface area contributed by atoms with Gasteiger partial charge in [0.15, 0.2) is 0 Å². The Morgan fingerprint density at radius 3 is 2.24 bits per heavy atom. The molecule has 1 saturated heterocycles. The molecule has 9 heteroatoms. The Bertz CT molecular complexity index is 1120.